The lowest BCUT2D eigenvalue weighted by Gasteiger charge is -2.30. The van der Waals surface area contributed by atoms with E-state index in [-0.39, 0.29) is 30.7 Å². The Balaban J connectivity index is 1.46. The molecule has 0 aromatic heterocycles. The molecule has 0 aliphatic carbocycles. The summed E-state index contributed by atoms with van der Waals surface area (Å²) in [6.45, 7) is 5.35. The number of carbonyl (C=O) groups is 3. The Morgan fingerprint density at radius 3 is 2.58 bits per heavy atom. The molecule has 0 radical (unpaired) electrons. The fraction of sp³-hybridized carbons (Fsp3) is 0.400. The van der Waals surface area contributed by atoms with Crippen LogP contribution in [0.3, 0.4) is 0 Å². The van der Waals surface area contributed by atoms with Gasteiger partial charge in [-0.15, -0.1) is 0 Å². The number of hydrogen-bond acceptors (Lipinski definition) is 5. The summed E-state index contributed by atoms with van der Waals surface area (Å²) in [7, 11) is 0. The number of nitrogens with zero attached hydrogens (tertiary/aromatic N) is 2. The van der Waals surface area contributed by atoms with Crippen LogP contribution in [0, 0.1) is 5.92 Å². The zero-order valence-corrected chi connectivity index (χ0v) is 19.0. The molecule has 174 valence electrons. The number of anilines is 2. The van der Waals surface area contributed by atoms with Crippen LogP contribution in [0.4, 0.5) is 11.4 Å². The molecule has 0 spiro atoms. The maximum absolute atomic E-state index is 13.4. The Kier molecular flexibility index (Phi) is 6.82. The number of para-hydroxylation sites is 1. The molecule has 1 saturated heterocycles. The van der Waals surface area contributed by atoms with Gasteiger partial charge in [-0.1, -0.05) is 25.1 Å². The van der Waals surface area contributed by atoms with Crippen molar-refractivity contribution in [3.63, 3.8) is 0 Å². The number of fused-ring (bicyclic) bond motifs is 1. The number of amides is 3. The zero-order valence-electron chi connectivity index (χ0n) is 19.0. The molecule has 2 aromatic carbocycles. The first kappa shape index (κ1) is 22.6. The molecule has 2 aliphatic rings. The topological polar surface area (TPSA) is 88.2 Å². The highest BCUT2D eigenvalue weighted by molar-refractivity contribution is 6.02. The van der Waals surface area contributed by atoms with Crippen LogP contribution in [0.25, 0.3) is 0 Å². The molecule has 1 N–H and O–H groups in total. The van der Waals surface area contributed by atoms with Crippen LogP contribution in [-0.2, 0) is 14.4 Å². The van der Waals surface area contributed by atoms with E-state index in [1.807, 2.05) is 25.1 Å². The van der Waals surface area contributed by atoms with E-state index in [2.05, 4.69) is 5.32 Å². The van der Waals surface area contributed by atoms with Gasteiger partial charge in [-0.2, -0.15) is 0 Å². The molecule has 0 saturated carbocycles. The van der Waals surface area contributed by atoms with Crippen LogP contribution in [0.2, 0.25) is 0 Å². The van der Waals surface area contributed by atoms with E-state index < -0.39 is 12.0 Å². The Bertz CT molecular complexity index is 1030. The van der Waals surface area contributed by atoms with Crippen LogP contribution < -0.4 is 19.7 Å². The first-order chi connectivity index (χ1) is 16.0. The van der Waals surface area contributed by atoms with E-state index >= 15 is 0 Å². The van der Waals surface area contributed by atoms with Crippen LogP contribution >= 0.6 is 0 Å². The van der Waals surface area contributed by atoms with Crippen LogP contribution in [0.15, 0.2) is 48.5 Å². The number of benzene rings is 2. The summed E-state index contributed by atoms with van der Waals surface area (Å²) in [5, 5.41) is 2.86. The van der Waals surface area contributed by atoms with Crippen molar-refractivity contribution in [2.45, 2.75) is 32.7 Å². The van der Waals surface area contributed by atoms with Gasteiger partial charge >= 0.3 is 0 Å². The highest BCUT2D eigenvalue weighted by atomic mass is 16.6. The third-order valence-corrected chi connectivity index (χ3v) is 5.95. The number of ether oxygens (including phenoxy) is 2. The van der Waals surface area contributed by atoms with Gasteiger partial charge in [0.25, 0.3) is 0 Å². The predicted molar refractivity (Wildman–Crippen MR) is 124 cm³/mol. The van der Waals surface area contributed by atoms with E-state index in [1.165, 1.54) is 0 Å². The van der Waals surface area contributed by atoms with E-state index in [0.29, 0.717) is 49.1 Å². The fourth-order valence-electron chi connectivity index (χ4n) is 4.20. The summed E-state index contributed by atoms with van der Waals surface area (Å²) in [6, 6.07) is 13.9. The SMILES string of the molecule is CCCN(C(=O)C1CC(=O)N(c2ccc3c(c2)OCCO3)C1)C(C)C(=O)Nc1ccccc1. The first-order valence-electron chi connectivity index (χ1n) is 11.3. The first-order valence-corrected chi connectivity index (χ1v) is 11.3. The van der Waals surface area contributed by atoms with Crippen molar-refractivity contribution in [2.75, 3.05) is 36.5 Å². The maximum Gasteiger partial charge on any atom is 0.246 e. The van der Waals surface area contributed by atoms with E-state index in [4.69, 9.17) is 9.47 Å². The predicted octanol–water partition coefficient (Wildman–Crippen LogP) is 3.08. The van der Waals surface area contributed by atoms with Crippen molar-refractivity contribution in [3.05, 3.63) is 48.5 Å². The molecule has 8 nitrogen and oxygen atoms in total. The molecule has 3 amide bonds. The Labute approximate surface area is 193 Å². The second kappa shape index (κ2) is 9.94. The van der Waals surface area contributed by atoms with Crippen molar-refractivity contribution in [1.82, 2.24) is 4.90 Å². The Hall–Kier alpha value is -3.55. The lowest BCUT2D eigenvalue weighted by Crippen LogP contribution is -2.48. The van der Waals surface area contributed by atoms with E-state index in [1.54, 1.807) is 47.1 Å². The molecule has 2 atom stereocenters. The quantitative estimate of drug-likeness (QED) is 0.699. The van der Waals surface area contributed by atoms with Crippen molar-refractivity contribution in [2.24, 2.45) is 5.92 Å². The van der Waals surface area contributed by atoms with E-state index in [0.717, 1.165) is 0 Å². The van der Waals surface area contributed by atoms with Gasteiger partial charge in [0, 0.05) is 37.0 Å². The van der Waals surface area contributed by atoms with Gasteiger partial charge in [0.05, 0.1) is 5.92 Å². The maximum atomic E-state index is 13.4. The van der Waals surface area contributed by atoms with Crippen molar-refractivity contribution < 1.29 is 23.9 Å². The van der Waals surface area contributed by atoms with Crippen molar-refractivity contribution in [3.8, 4) is 11.5 Å². The number of carbonyl (C=O) groups excluding carboxylic acids is 3. The lowest BCUT2D eigenvalue weighted by atomic mass is 10.1. The fourth-order valence-corrected chi connectivity index (χ4v) is 4.20. The molecule has 1 fully saturated rings. The largest absolute Gasteiger partial charge is 0.486 e. The number of nitrogens with one attached hydrogen (secondary N) is 1. The number of hydrogen-bond donors (Lipinski definition) is 1. The highest BCUT2D eigenvalue weighted by Crippen LogP contribution is 2.36. The summed E-state index contributed by atoms with van der Waals surface area (Å²) in [5.74, 6) is 0.181. The Morgan fingerprint density at radius 1 is 1.12 bits per heavy atom. The van der Waals surface area contributed by atoms with Gasteiger partial charge in [0.15, 0.2) is 11.5 Å². The molecule has 2 aromatic rings. The van der Waals surface area contributed by atoms with Crippen LogP contribution in [-0.4, -0.2) is 55.0 Å². The standard InChI is InChI=1S/C25H29N3O5/c1-3-11-27(17(2)24(30)26-19-7-5-4-6-8-19)25(31)18-14-23(29)28(16-18)20-9-10-21-22(15-20)33-13-12-32-21/h4-10,15,17-18H,3,11-14,16H2,1-2H3,(H,26,30). The Morgan fingerprint density at radius 2 is 1.85 bits per heavy atom. The van der Waals surface area contributed by atoms with Gasteiger partial charge in [-0.3, -0.25) is 14.4 Å². The van der Waals surface area contributed by atoms with E-state index in [9.17, 15) is 14.4 Å². The minimum absolute atomic E-state index is 0.112. The summed E-state index contributed by atoms with van der Waals surface area (Å²) >= 11 is 0. The summed E-state index contributed by atoms with van der Waals surface area (Å²) in [5.41, 5.74) is 1.36. The molecule has 4 rings (SSSR count). The highest BCUT2D eigenvalue weighted by Gasteiger charge is 2.39. The van der Waals surface area contributed by atoms with Gasteiger partial charge in [0.2, 0.25) is 17.7 Å². The van der Waals surface area contributed by atoms with Crippen molar-refractivity contribution >= 4 is 29.1 Å². The molecular weight excluding hydrogens is 422 g/mol. The second-order valence-corrected chi connectivity index (χ2v) is 8.30. The average Bonchev–Trinajstić information content (AvgIpc) is 3.23. The van der Waals surface area contributed by atoms with Crippen LogP contribution in [0.1, 0.15) is 26.7 Å². The number of rotatable bonds is 7. The van der Waals surface area contributed by atoms with Crippen LogP contribution in [0.5, 0.6) is 11.5 Å². The second-order valence-electron chi connectivity index (χ2n) is 8.30. The molecule has 2 aliphatic heterocycles. The smallest absolute Gasteiger partial charge is 0.246 e. The summed E-state index contributed by atoms with van der Waals surface area (Å²) in [6.07, 6.45) is 0.821. The summed E-state index contributed by atoms with van der Waals surface area (Å²) < 4.78 is 11.2. The molecule has 33 heavy (non-hydrogen) atoms. The minimum atomic E-state index is -0.656. The minimum Gasteiger partial charge on any atom is -0.486 e. The molecule has 2 unspecified atom stereocenters. The molecule has 0 bridgehead atoms. The van der Waals surface area contributed by atoms with Gasteiger partial charge < -0.3 is 24.6 Å². The molecule has 2 heterocycles. The van der Waals surface area contributed by atoms with Gasteiger partial charge in [-0.05, 0) is 37.6 Å². The summed E-state index contributed by atoms with van der Waals surface area (Å²) in [4.78, 5) is 42.2. The molecular formula is C25H29N3O5. The van der Waals surface area contributed by atoms with Gasteiger partial charge in [0.1, 0.15) is 19.3 Å². The van der Waals surface area contributed by atoms with Crippen molar-refractivity contribution in [1.29, 1.82) is 0 Å². The monoisotopic (exact) mass is 451 g/mol. The third-order valence-electron chi connectivity index (χ3n) is 5.95. The average molecular weight is 452 g/mol. The lowest BCUT2D eigenvalue weighted by molar-refractivity contribution is -0.141. The third kappa shape index (κ3) is 4.94. The normalized spacial score (nSPS) is 18.1. The van der Waals surface area contributed by atoms with Gasteiger partial charge in [-0.25, -0.2) is 0 Å². The zero-order chi connectivity index (χ0) is 23.4. The molecule has 8 heteroatoms.